The van der Waals surface area contributed by atoms with Crippen molar-refractivity contribution in [3.8, 4) is 12.4 Å². The highest BCUT2D eigenvalue weighted by atomic mass is 16.2. The van der Waals surface area contributed by atoms with Crippen LogP contribution >= 0.6 is 0 Å². The summed E-state index contributed by atoms with van der Waals surface area (Å²) in [6.07, 6.45) is 6.64. The number of nitrogens with zero attached hydrogens (tertiary/aromatic N) is 2. The maximum atomic E-state index is 12.1. The van der Waals surface area contributed by atoms with Gasteiger partial charge in [-0.3, -0.25) is 20.2 Å². The van der Waals surface area contributed by atoms with Crippen LogP contribution in [0.4, 0.5) is 0 Å². The number of carbonyl (C=O) groups is 2. The molecule has 1 aliphatic carbocycles. The molecule has 2 amide bonds. The van der Waals surface area contributed by atoms with Crippen molar-refractivity contribution in [3.63, 3.8) is 0 Å². The summed E-state index contributed by atoms with van der Waals surface area (Å²) in [5.74, 6) is -1.32. The molecule has 1 rings (SSSR count). The highest BCUT2D eigenvalue weighted by molar-refractivity contribution is 6.06. The Morgan fingerprint density at radius 3 is 2.22 bits per heavy atom. The fraction of sp³-hybridized carbons (Fsp3) is 0.667. The molecule has 1 unspecified atom stereocenters. The van der Waals surface area contributed by atoms with Gasteiger partial charge in [0.2, 0.25) is 11.8 Å². The van der Waals surface area contributed by atoms with Crippen LogP contribution in [-0.2, 0) is 9.59 Å². The van der Waals surface area contributed by atoms with Gasteiger partial charge in [0, 0.05) is 0 Å². The molecule has 0 aromatic heterocycles. The number of amides is 2. The van der Waals surface area contributed by atoms with Crippen molar-refractivity contribution in [2.24, 2.45) is 11.3 Å². The van der Waals surface area contributed by atoms with Gasteiger partial charge in [0.1, 0.15) is 5.41 Å². The Bertz CT molecular complexity index is 391. The summed E-state index contributed by atoms with van der Waals surface area (Å²) in [7, 11) is 0. The first-order chi connectivity index (χ1) is 8.63. The van der Waals surface area contributed by atoms with E-state index in [9.17, 15) is 9.59 Å². The predicted octanol–water partition coefficient (Wildman–Crippen LogP) is 0.768. The van der Waals surface area contributed by atoms with Crippen LogP contribution < -0.4 is 10.6 Å². The summed E-state index contributed by atoms with van der Waals surface area (Å²) in [5, 5.41) is 21.3. The molecule has 0 radical (unpaired) electrons. The molecule has 1 atom stereocenters. The van der Waals surface area contributed by atoms with Gasteiger partial charge in [-0.25, -0.2) is 0 Å². The first kappa shape index (κ1) is 14.0. The van der Waals surface area contributed by atoms with E-state index in [-0.39, 0.29) is 5.92 Å². The minimum atomic E-state index is -1.28. The van der Waals surface area contributed by atoms with Gasteiger partial charge in [0.15, 0.2) is 12.4 Å². The molecule has 0 spiro atoms. The molecule has 6 heteroatoms. The first-order valence-corrected chi connectivity index (χ1v) is 6.02. The maximum Gasteiger partial charge on any atom is 0.248 e. The Kier molecular flexibility index (Phi) is 4.67. The lowest BCUT2D eigenvalue weighted by molar-refractivity contribution is -0.149. The standard InChI is InChI=1S/C12H16N4O2/c1-2-9-5-3-4-6-12(9,10(17)15-7-13)11(18)16-8-14/h9H,2-6H2,1H3,(H,15,17)(H,16,18). The summed E-state index contributed by atoms with van der Waals surface area (Å²) < 4.78 is 0. The van der Waals surface area contributed by atoms with Gasteiger partial charge >= 0.3 is 0 Å². The number of rotatable bonds is 3. The van der Waals surface area contributed by atoms with Crippen molar-refractivity contribution in [2.45, 2.75) is 39.0 Å². The zero-order valence-corrected chi connectivity index (χ0v) is 10.3. The number of carbonyl (C=O) groups excluding carboxylic acids is 2. The van der Waals surface area contributed by atoms with Crippen LogP contribution in [-0.4, -0.2) is 11.8 Å². The molecular formula is C12H16N4O2. The lowest BCUT2D eigenvalue weighted by Crippen LogP contribution is -2.55. The molecule has 0 bridgehead atoms. The fourth-order valence-corrected chi connectivity index (χ4v) is 2.82. The quantitative estimate of drug-likeness (QED) is 0.437. The van der Waals surface area contributed by atoms with E-state index in [4.69, 9.17) is 10.5 Å². The van der Waals surface area contributed by atoms with E-state index in [0.717, 1.165) is 19.3 Å². The molecule has 96 valence electrons. The average Bonchev–Trinajstić information content (AvgIpc) is 2.38. The third kappa shape index (κ3) is 2.28. The largest absolute Gasteiger partial charge is 0.273 e. The molecule has 6 nitrogen and oxygen atoms in total. The monoisotopic (exact) mass is 248 g/mol. The number of hydrogen-bond donors (Lipinski definition) is 2. The molecule has 1 fully saturated rings. The highest BCUT2D eigenvalue weighted by Gasteiger charge is 2.52. The molecule has 0 aliphatic heterocycles. The number of hydrogen-bond acceptors (Lipinski definition) is 4. The summed E-state index contributed by atoms with van der Waals surface area (Å²) in [5.41, 5.74) is -1.28. The normalized spacial score (nSPS) is 21.2. The van der Waals surface area contributed by atoms with E-state index >= 15 is 0 Å². The van der Waals surface area contributed by atoms with E-state index in [0.29, 0.717) is 12.8 Å². The van der Waals surface area contributed by atoms with E-state index in [1.54, 1.807) is 12.4 Å². The van der Waals surface area contributed by atoms with Crippen molar-refractivity contribution in [3.05, 3.63) is 0 Å². The van der Waals surface area contributed by atoms with Crippen LogP contribution in [0.5, 0.6) is 0 Å². The summed E-state index contributed by atoms with van der Waals surface area (Å²) >= 11 is 0. The van der Waals surface area contributed by atoms with Crippen molar-refractivity contribution in [1.29, 1.82) is 10.5 Å². The Balaban J connectivity index is 3.14. The molecule has 0 aromatic rings. The van der Waals surface area contributed by atoms with E-state index in [2.05, 4.69) is 10.6 Å². The SMILES string of the molecule is CCC1CCCCC1(C(=O)NC#N)C(=O)NC#N. The van der Waals surface area contributed by atoms with Gasteiger partial charge in [-0.05, 0) is 18.8 Å². The van der Waals surface area contributed by atoms with Gasteiger partial charge in [-0.15, -0.1) is 0 Å². The van der Waals surface area contributed by atoms with Crippen molar-refractivity contribution in [2.75, 3.05) is 0 Å². The molecule has 0 heterocycles. The van der Waals surface area contributed by atoms with Gasteiger partial charge in [0.05, 0.1) is 0 Å². The molecule has 1 aliphatic rings. The maximum absolute atomic E-state index is 12.1. The third-order valence-electron chi connectivity index (χ3n) is 3.71. The predicted molar refractivity (Wildman–Crippen MR) is 62.2 cm³/mol. The molecule has 0 saturated heterocycles. The second-order valence-corrected chi connectivity index (χ2v) is 4.45. The van der Waals surface area contributed by atoms with Gasteiger partial charge in [0.25, 0.3) is 0 Å². The zero-order chi connectivity index (χ0) is 13.6. The highest BCUT2D eigenvalue weighted by Crippen LogP contribution is 2.43. The summed E-state index contributed by atoms with van der Waals surface area (Å²) in [6.45, 7) is 1.91. The van der Waals surface area contributed by atoms with Crippen LogP contribution in [0.1, 0.15) is 39.0 Å². The fourth-order valence-electron chi connectivity index (χ4n) is 2.82. The molecule has 2 N–H and O–H groups in total. The Morgan fingerprint density at radius 1 is 1.22 bits per heavy atom. The van der Waals surface area contributed by atoms with Gasteiger partial charge in [-0.2, -0.15) is 10.5 Å². The van der Waals surface area contributed by atoms with Crippen LogP contribution in [0.3, 0.4) is 0 Å². The summed E-state index contributed by atoms with van der Waals surface area (Å²) in [4.78, 5) is 24.2. The van der Waals surface area contributed by atoms with Gasteiger partial charge < -0.3 is 0 Å². The molecule has 1 saturated carbocycles. The van der Waals surface area contributed by atoms with Crippen molar-refractivity contribution < 1.29 is 9.59 Å². The van der Waals surface area contributed by atoms with Crippen molar-refractivity contribution in [1.82, 2.24) is 10.6 Å². The molecular weight excluding hydrogens is 232 g/mol. The Morgan fingerprint density at radius 2 is 1.78 bits per heavy atom. The average molecular weight is 248 g/mol. The Labute approximate surface area is 106 Å². The van der Waals surface area contributed by atoms with E-state index in [1.165, 1.54) is 0 Å². The minimum Gasteiger partial charge on any atom is -0.273 e. The summed E-state index contributed by atoms with van der Waals surface area (Å²) in [6, 6.07) is 0. The van der Waals surface area contributed by atoms with Gasteiger partial charge in [-0.1, -0.05) is 26.2 Å². The van der Waals surface area contributed by atoms with Crippen LogP contribution in [0.15, 0.2) is 0 Å². The zero-order valence-electron chi connectivity index (χ0n) is 10.3. The second kappa shape index (κ2) is 6.02. The number of nitriles is 2. The molecule has 0 aromatic carbocycles. The number of nitrogens with one attached hydrogen (secondary N) is 2. The minimum absolute atomic E-state index is 0.132. The Hall–Kier alpha value is -2.08. The molecule has 18 heavy (non-hydrogen) atoms. The van der Waals surface area contributed by atoms with Crippen LogP contribution in [0.2, 0.25) is 0 Å². The van der Waals surface area contributed by atoms with E-state index in [1.807, 2.05) is 6.92 Å². The smallest absolute Gasteiger partial charge is 0.248 e. The lowest BCUT2D eigenvalue weighted by Gasteiger charge is -2.39. The lowest BCUT2D eigenvalue weighted by atomic mass is 9.64. The second-order valence-electron chi connectivity index (χ2n) is 4.45. The first-order valence-electron chi connectivity index (χ1n) is 6.02. The topological polar surface area (TPSA) is 106 Å². The van der Waals surface area contributed by atoms with Crippen molar-refractivity contribution >= 4 is 11.8 Å². The van der Waals surface area contributed by atoms with E-state index < -0.39 is 17.2 Å². The van der Waals surface area contributed by atoms with Crippen LogP contribution in [0, 0.1) is 34.2 Å². The van der Waals surface area contributed by atoms with Crippen LogP contribution in [0.25, 0.3) is 0 Å². The third-order valence-corrected chi connectivity index (χ3v) is 3.71.